The third-order valence-electron chi connectivity index (χ3n) is 3.20. The third-order valence-corrected chi connectivity index (χ3v) is 3.20. The van der Waals surface area contributed by atoms with Gasteiger partial charge in [-0.05, 0) is 0 Å². The van der Waals surface area contributed by atoms with E-state index < -0.39 is 63.4 Å². The first-order valence-corrected chi connectivity index (χ1v) is 9.85. The molecule has 0 aromatic rings. The zero-order chi connectivity index (χ0) is 25.9. The molecule has 34 heavy (non-hydrogen) atoms. The first-order chi connectivity index (χ1) is 16.0. The summed E-state index contributed by atoms with van der Waals surface area (Å²) in [5.41, 5.74) is 0. The number of nitriles is 1. The van der Waals surface area contributed by atoms with Gasteiger partial charge in [-0.1, -0.05) is 6.08 Å². The molecule has 0 aromatic carbocycles. The predicted octanol–water partition coefficient (Wildman–Crippen LogP) is 0.594. The summed E-state index contributed by atoms with van der Waals surface area (Å²) in [4.78, 5) is 10.9. The Morgan fingerprint density at radius 2 is 1.47 bits per heavy atom. The van der Waals surface area contributed by atoms with Crippen LogP contribution in [0.3, 0.4) is 0 Å². The summed E-state index contributed by atoms with van der Waals surface area (Å²) >= 11 is 0. The molecule has 0 aromatic heterocycles. The molecule has 0 saturated carbocycles. The summed E-state index contributed by atoms with van der Waals surface area (Å²) in [6.45, 7) is -1.88. The van der Waals surface area contributed by atoms with Crippen LogP contribution in [0.15, 0.2) is 12.7 Å². The highest BCUT2D eigenvalue weighted by Crippen LogP contribution is 2.27. The molecule has 0 aliphatic rings. The van der Waals surface area contributed by atoms with Gasteiger partial charge in [-0.25, -0.2) is 0 Å². The minimum atomic E-state index is -4.36. The van der Waals surface area contributed by atoms with Gasteiger partial charge in [0.1, 0.15) is 45.2 Å². The Bertz CT molecular complexity index is 606. The lowest BCUT2D eigenvalue weighted by Crippen LogP contribution is -2.40. The van der Waals surface area contributed by atoms with Crippen LogP contribution in [-0.4, -0.2) is 107 Å². The van der Waals surface area contributed by atoms with Gasteiger partial charge in [-0.15, -0.1) is 6.58 Å². The van der Waals surface area contributed by atoms with Crippen LogP contribution in [-0.2, 0) is 38.0 Å². The molecule has 0 spiro atoms. The maximum atomic E-state index is 13.5. The summed E-state index contributed by atoms with van der Waals surface area (Å²) in [6, 6.07) is 1.58. The van der Waals surface area contributed by atoms with Crippen LogP contribution >= 0.6 is 0 Å². The van der Waals surface area contributed by atoms with Gasteiger partial charge in [0, 0.05) is 0 Å². The van der Waals surface area contributed by atoms with Crippen molar-refractivity contribution >= 4 is 5.97 Å². The number of nitrogens with zero attached hydrogens (tertiary/aromatic N) is 1. The molecular formula is C19H29F4NO10. The Balaban J connectivity index is 3.85. The monoisotopic (exact) mass is 507 g/mol. The summed E-state index contributed by atoms with van der Waals surface area (Å²) in [5.74, 6) is -0.795. The number of ether oxygens (including phenoxy) is 7. The number of halogens is 4. The van der Waals surface area contributed by atoms with Crippen molar-refractivity contribution in [3.05, 3.63) is 12.7 Å². The maximum absolute atomic E-state index is 13.5. The van der Waals surface area contributed by atoms with Crippen molar-refractivity contribution in [3.63, 3.8) is 0 Å². The largest absolute Gasteiger partial charge is 0.462 e. The average molecular weight is 507 g/mol. The fourth-order valence-electron chi connectivity index (χ4n) is 1.90. The molecule has 0 aliphatic carbocycles. The highest BCUT2D eigenvalue weighted by molar-refractivity contribution is 5.71. The van der Waals surface area contributed by atoms with Gasteiger partial charge in [0.15, 0.2) is 0 Å². The number of carbonyl (C=O) groups excluding carboxylic acids is 1. The molecule has 0 heterocycles. The lowest BCUT2D eigenvalue weighted by atomic mass is 10.4. The van der Waals surface area contributed by atoms with E-state index in [2.05, 4.69) is 25.5 Å². The van der Waals surface area contributed by atoms with E-state index in [9.17, 15) is 32.6 Å². The van der Waals surface area contributed by atoms with Gasteiger partial charge in [0.05, 0.1) is 45.7 Å². The number of carbonyl (C=O) groups is 1. The fraction of sp³-hybridized carbons (Fsp3) is 0.789. The zero-order valence-corrected chi connectivity index (χ0v) is 18.3. The second-order valence-electron chi connectivity index (χ2n) is 6.49. The van der Waals surface area contributed by atoms with Crippen molar-refractivity contribution in [1.82, 2.24) is 0 Å². The van der Waals surface area contributed by atoms with E-state index >= 15 is 0 Å². The highest BCUT2D eigenvalue weighted by atomic mass is 19.3. The number of hydrogen-bond acceptors (Lipinski definition) is 11. The van der Waals surface area contributed by atoms with Crippen LogP contribution in [0.4, 0.5) is 17.6 Å². The predicted molar refractivity (Wildman–Crippen MR) is 104 cm³/mol. The van der Waals surface area contributed by atoms with Crippen molar-refractivity contribution < 1.29 is 65.7 Å². The lowest BCUT2D eigenvalue weighted by Gasteiger charge is -2.24. The van der Waals surface area contributed by atoms with E-state index in [-0.39, 0.29) is 39.6 Å². The van der Waals surface area contributed by atoms with Crippen LogP contribution in [0, 0.1) is 11.3 Å². The number of alkyl halides is 4. The molecule has 15 heteroatoms. The quantitative estimate of drug-likeness (QED) is 0.0698. The van der Waals surface area contributed by atoms with Crippen LogP contribution in [0.5, 0.6) is 0 Å². The topological polar surface area (TPSA) is 146 Å². The number of aliphatic hydroxyl groups excluding tert-OH is 2. The molecular weight excluding hydrogens is 478 g/mol. The smallest absolute Gasteiger partial charge is 0.383 e. The molecule has 2 unspecified atom stereocenters. The van der Waals surface area contributed by atoms with Gasteiger partial charge in [-0.2, -0.15) is 22.8 Å². The number of esters is 1. The van der Waals surface area contributed by atoms with Crippen molar-refractivity contribution in [2.45, 2.75) is 30.8 Å². The van der Waals surface area contributed by atoms with Gasteiger partial charge in [-0.3, -0.25) is 9.53 Å². The van der Waals surface area contributed by atoms with Crippen LogP contribution < -0.4 is 0 Å². The second kappa shape index (κ2) is 18.4. The first-order valence-electron chi connectivity index (χ1n) is 9.85. The highest BCUT2D eigenvalue weighted by Gasteiger charge is 2.44. The Labute approximate surface area is 193 Å². The van der Waals surface area contributed by atoms with Crippen LogP contribution in [0.25, 0.3) is 0 Å². The molecule has 0 rings (SSSR count). The van der Waals surface area contributed by atoms with E-state index in [1.165, 1.54) is 6.08 Å². The second-order valence-corrected chi connectivity index (χ2v) is 6.49. The van der Waals surface area contributed by atoms with E-state index in [0.29, 0.717) is 0 Å². The summed E-state index contributed by atoms with van der Waals surface area (Å²) in [6.07, 6.45) is -10.1. The van der Waals surface area contributed by atoms with Crippen molar-refractivity contribution in [3.8, 4) is 6.07 Å². The Morgan fingerprint density at radius 3 is 2.12 bits per heavy atom. The molecule has 0 saturated heterocycles. The minimum absolute atomic E-state index is 0.0840. The Morgan fingerprint density at radius 1 is 0.912 bits per heavy atom. The number of aliphatic hydroxyl groups is 2. The molecule has 0 bridgehead atoms. The van der Waals surface area contributed by atoms with E-state index in [1.807, 2.05) is 0 Å². The molecule has 2 N–H and O–H groups in total. The van der Waals surface area contributed by atoms with Gasteiger partial charge >= 0.3 is 18.2 Å². The normalized spacial score (nSPS) is 13.8. The van der Waals surface area contributed by atoms with Crippen molar-refractivity contribution in [2.75, 3.05) is 66.3 Å². The van der Waals surface area contributed by atoms with Crippen molar-refractivity contribution in [1.29, 1.82) is 5.26 Å². The Hall–Kier alpha value is -1.90. The fourth-order valence-corrected chi connectivity index (χ4v) is 1.90. The first kappa shape index (κ1) is 32.1. The molecule has 198 valence electrons. The van der Waals surface area contributed by atoms with Gasteiger partial charge in [0.2, 0.25) is 0 Å². The number of hydrogen-bond donors (Lipinski definition) is 2. The van der Waals surface area contributed by atoms with E-state index in [4.69, 9.17) is 19.5 Å². The molecule has 2 atom stereocenters. The zero-order valence-electron chi connectivity index (χ0n) is 18.3. The minimum Gasteiger partial charge on any atom is -0.462 e. The van der Waals surface area contributed by atoms with Crippen molar-refractivity contribution in [2.24, 2.45) is 0 Å². The molecule has 0 amide bonds. The maximum Gasteiger partial charge on any atom is 0.383 e. The molecule has 0 fully saturated rings. The lowest BCUT2D eigenvalue weighted by molar-refractivity contribution is -0.396. The third kappa shape index (κ3) is 19.6. The molecule has 11 nitrogen and oxygen atoms in total. The van der Waals surface area contributed by atoms with Gasteiger partial charge in [0.25, 0.3) is 0 Å². The molecule has 0 radical (unpaired) electrons. The number of rotatable bonds is 22. The summed E-state index contributed by atoms with van der Waals surface area (Å²) < 4.78 is 85.5. The standard InChI is InChI=1S/C19H29F4NO10/c1-2-5-28-8-15(25)10-31-12-18(20,21)34-19(22,23)13-32-14-30-7-6-29-9-16(26)11-33-17(27)3-4-24/h2,15-16,25-26H,1,3,5-14H2. The van der Waals surface area contributed by atoms with Crippen LogP contribution in [0.2, 0.25) is 0 Å². The summed E-state index contributed by atoms with van der Waals surface area (Å²) in [7, 11) is 0. The van der Waals surface area contributed by atoms with Crippen LogP contribution in [0.1, 0.15) is 6.42 Å². The van der Waals surface area contributed by atoms with E-state index in [0.717, 1.165) is 0 Å². The SMILES string of the molecule is C=CCOCC(O)COCC(F)(F)OC(F)(F)COCOCCOCC(O)COC(=O)CC#N. The Kier molecular flexibility index (Phi) is 17.4. The van der Waals surface area contributed by atoms with E-state index in [1.54, 1.807) is 6.07 Å². The molecule has 0 aliphatic heterocycles. The van der Waals surface area contributed by atoms with Gasteiger partial charge < -0.3 is 38.6 Å². The average Bonchev–Trinajstić information content (AvgIpc) is 2.73. The summed E-state index contributed by atoms with van der Waals surface area (Å²) in [5, 5.41) is 27.2.